The molecule has 1 atom stereocenters. The average Bonchev–Trinajstić information content (AvgIpc) is 2.84. The topological polar surface area (TPSA) is 91.1 Å². The summed E-state index contributed by atoms with van der Waals surface area (Å²) in [6.07, 6.45) is -4.43. The van der Waals surface area contributed by atoms with Crippen LogP contribution in [0, 0.1) is 0 Å². The van der Waals surface area contributed by atoms with Crippen LogP contribution in [0.5, 0.6) is 0 Å². The van der Waals surface area contributed by atoms with Crippen molar-refractivity contribution >= 4 is 23.2 Å². The van der Waals surface area contributed by atoms with E-state index in [1.54, 1.807) is 24.3 Å². The van der Waals surface area contributed by atoms with Gasteiger partial charge in [-0.05, 0) is 17.7 Å². The molecule has 6 nitrogen and oxygen atoms in total. The number of alkyl halides is 3. The Morgan fingerprint density at radius 1 is 1.20 bits per heavy atom. The van der Waals surface area contributed by atoms with Gasteiger partial charge in [0.25, 0.3) is 5.56 Å². The van der Waals surface area contributed by atoms with Crippen molar-refractivity contribution in [2.45, 2.75) is 18.5 Å². The lowest BCUT2D eigenvalue weighted by Gasteiger charge is -2.11. The van der Waals surface area contributed by atoms with Crippen molar-refractivity contribution < 1.29 is 22.8 Å². The molecule has 9 heteroatoms. The summed E-state index contributed by atoms with van der Waals surface area (Å²) in [5.41, 5.74) is -1.27. The van der Waals surface area contributed by atoms with Crippen molar-refractivity contribution in [3.05, 3.63) is 58.0 Å². The summed E-state index contributed by atoms with van der Waals surface area (Å²) in [4.78, 5) is 37.6. The second kappa shape index (κ2) is 6.08. The van der Waals surface area contributed by atoms with E-state index in [-0.39, 0.29) is 12.3 Å². The van der Waals surface area contributed by atoms with Gasteiger partial charge in [-0.3, -0.25) is 14.4 Å². The highest BCUT2D eigenvalue weighted by Crippen LogP contribution is 2.34. The molecule has 0 spiro atoms. The largest absolute Gasteiger partial charge is 0.417 e. The number of halogens is 3. The number of aromatic amines is 1. The minimum Gasteiger partial charge on any atom is -0.327 e. The first-order valence-electron chi connectivity index (χ1n) is 7.25. The molecule has 1 aromatic heterocycles. The van der Waals surface area contributed by atoms with E-state index in [2.05, 4.69) is 10.6 Å². The second-order valence-electron chi connectivity index (χ2n) is 5.51. The Morgan fingerprint density at radius 2 is 1.92 bits per heavy atom. The number of pyridine rings is 1. The predicted molar refractivity (Wildman–Crippen MR) is 83.1 cm³/mol. The molecule has 0 aliphatic carbocycles. The molecule has 2 amide bonds. The maximum absolute atomic E-state index is 12.7. The molecular weight excluding hydrogens is 339 g/mol. The maximum atomic E-state index is 12.7. The first kappa shape index (κ1) is 16.7. The van der Waals surface area contributed by atoms with Crippen LogP contribution in [0.4, 0.5) is 24.5 Å². The number of rotatable bonds is 3. The van der Waals surface area contributed by atoms with Gasteiger partial charge in [-0.25, -0.2) is 0 Å². The number of hydrogen-bond donors (Lipinski definition) is 3. The monoisotopic (exact) mass is 351 g/mol. The second-order valence-corrected chi connectivity index (χ2v) is 5.51. The summed E-state index contributed by atoms with van der Waals surface area (Å²) >= 11 is 0. The zero-order valence-corrected chi connectivity index (χ0v) is 12.6. The Labute approximate surface area is 139 Å². The summed E-state index contributed by atoms with van der Waals surface area (Å²) in [6, 6.07) is 7.36. The number of H-pyrrole nitrogens is 1. The van der Waals surface area contributed by atoms with Crippen LogP contribution in [0.3, 0.4) is 0 Å². The number of carbonyl (C=O) groups excluding carboxylic acids is 2. The van der Waals surface area contributed by atoms with Gasteiger partial charge in [0.05, 0.1) is 11.5 Å². The van der Waals surface area contributed by atoms with Gasteiger partial charge >= 0.3 is 6.18 Å². The van der Waals surface area contributed by atoms with Gasteiger partial charge in [-0.15, -0.1) is 0 Å². The number of carbonyl (C=O) groups is 2. The molecule has 3 N–H and O–H groups in total. The highest BCUT2D eigenvalue weighted by atomic mass is 19.4. The summed E-state index contributed by atoms with van der Waals surface area (Å²) in [5.74, 6) is -1.88. The van der Waals surface area contributed by atoms with Crippen LogP contribution >= 0.6 is 0 Å². The minimum atomic E-state index is -4.66. The van der Waals surface area contributed by atoms with Crippen molar-refractivity contribution in [2.75, 3.05) is 10.6 Å². The smallest absolute Gasteiger partial charge is 0.327 e. The quantitative estimate of drug-likeness (QED) is 0.793. The molecule has 1 aliphatic heterocycles. The number of para-hydroxylation sites is 1. The summed E-state index contributed by atoms with van der Waals surface area (Å²) < 4.78 is 38.1. The van der Waals surface area contributed by atoms with Crippen LogP contribution in [0.2, 0.25) is 0 Å². The third-order valence-electron chi connectivity index (χ3n) is 3.80. The number of hydrogen-bond acceptors (Lipinski definition) is 3. The molecular formula is C16H12F3N3O3. The van der Waals surface area contributed by atoms with Crippen molar-refractivity contribution in [1.82, 2.24) is 4.98 Å². The molecule has 130 valence electrons. The van der Waals surface area contributed by atoms with E-state index in [1.165, 1.54) is 0 Å². The molecule has 0 radical (unpaired) electrons. The van der Waals surface area contributed by atoms with Crippen LogP contribution in [-0.2, 0) is 15.8 Å². The van der Waals surface area contributed by atoms with Crippen LogP contribution in [0.15, 0.2) is 41.3 Å². The Balaban J connectivity index is 1.78. The van der Waals surface area contributed by atoms with Crippen molar-refractivity contribution in [3.63, 3.8) is 0 Å². The molecule has 3 rings (SSSR count). The number of amides is 2. The van der Waals surface area contributed by atoms with E-state index in [4.69, 9.17) is 0 Å². The molecule has 0 saturated carbocycles. The highest BCUT2D eigenvalue weighted by molar-refractivity contribution is 6.06. The maximum Gasteiger partial charge on any atom is 0.417 e. The lowest BCUT2D eigenvalue weighted by atomic mass is 9.97. The van der Waals surface area contributed by atoms with Crippen molar-refractivity contribution in [1.29, 1.82) is 0 Å². The molecule has 2 heterocycles. The Kier molecular flexibility index (Phi) is 4.07. The van der Waals surface area contributed by atoms with E-state index in [9.17, 15) is 27.6 Å². The van der Waals surface area contributed by atoms with Gasteiger partial charge in [0.1, 0.15) is 5.69 Å². The van der Waals surface area contributed by atoms with E-state index < -0.39 is 34.8 Å². The van der Waals surface area contributed by atoms with E-state index in [0.29, 0.717) is 23.5 Å². The lowest BCUT2D eigenvalue weighted by molar-refractivity contribution is -0.137. The highest BCUT2D eigenvalue weighted by Gasteiger charge is 2.33. The molecule has 2 aromatic rings. The number of nitrogens with one attached hydrogen (secondary N) is 3. The SMILES string of the molecule is O=C(CC1C(=O)Nc2ccccc21)Nc1cc(C(F)(F)F)c[nH]c1=O. The Bertz CT molecular complexity index is 905. The van der Waals surface area contributed by atoms with Gasteiger partial charge in [0, 0.05) is 18.3 Å². The van der Waals surface area contributed by atoms with Crippen molar-refractivity contribution in [2.24, 2.45) is 0 Å². The van der Waals surface area contributed by atoms with Gasteiger partial charge in [-0.1, -0.05) is 18.2 Å². The normalized spacial score (nSPS) is 16.3. The zero-order chi connectivity index (χ0) is 18.2. The Hall–Kier alpha value is -3.10. The van der Waals surface area contributed by atoms with E-state index in [0.717, 1.165) is 0 Å². The molecule has 25 heavy (non-hydrogen) atoms. The fourth-order valence-electron chi connectivity index (χ4n) is 2.61. The summed E-state index contributed by atoms with van der Waals surface area (Å²) in [5, 5.41) is 4.76. The lowest BCUT2D eigenvalue weighted by Crippen LogP contribution is -2.24. The van der Waals surface area contributed by atoms with E-state index in [1.807, 2.05) is 4.98 Å². The zero-order valence-electron chi connectivity index (χ0n) is 12.6. The average molecular weight is 351 g/mol. The molecule has 1 aliphatic rings. The van der Waals surface area contributed by atoms with Gasteiger partial charge < -0.3 is 15.6 Å². The van der Waals surface area contributed by atoms with Crippen LogP contribution in [0.25, 0.3) is 0 Å². The first-order valence-corrected chi connectivity index (χ1v) is 7.25. The molecule has 1 unspecified atom stereocenters. The van der Waals surface area contributed by atoms with Crippen LogP contribution < -0.4 is 16.2 Å². The summed E-state index contributed by atoms with van der Waals surface area (Å²) in [7, 11) is 0. The number of anilines is 2. The third kappa shape index (κ3) is 3.39. The van der Waals surface area contributed by atoms with Crippen LogP contribution in [-0.4, -0.2) is 16.8 Å². The van der Waals surface area contributed by atoms with Crippen molar-refractivity contribution in [3.8, 4) is 0 Å². The number of benzene rings is 1. The van der Waals surface area contributed by atoms with Gasteiger partial charge in [0.2, 0.25) is 11.8 Å². The third-order valence-corrected chi connectivity index (χ3v) is 3.80. The minimum absolute atomic E-state index is 0.293. The standard InChI is InChI=1S/C16H12F3N3O3/c17-16(18,19)8-5-12(15(25)20-7-8)21-13(23)6-10-9-3-1-2-4-11(9)22-14(10)24/h1-5,7,10H,6H2,(H,20,25)(H,21,23)(H,22,24). The molecule has 0 fully saturated rings. The first-order chi connectivity index (χ1) is 11.8. The number of fused-ring (bicyclic) bond motifs is 1. The molecule has 0 bridgehead atoms. The molecule has 1 aromatic carbocycles. The summed E-state index contributed by atoms with van der Waals surface area (Å²) in [6.45, 7) is 0. The Morgan fingerprint density at radius 3 is 2.64 bits per heavy atom. The van der Waals surface area contributed by atoms with E-state index >= 15 is 0 Å². The van der Waals surface area contributed by atoms with Crippen LogP contribution in [0.1, 0.15) is 23.5 Å². The predicted octanol–water partition coefficient (Wildman–Crippen LogP) is 2.46. The fourth-order valence-corrected chi connectivity index (χ4v) is 2.61. The molecule has 0 saturated heterocycles. The van der Waals surface area contributed by atoms with Gasteiger partial charge in [-0.2, -0.15) is 13.2 Å². The van der Waals surface area contributed by atoms with Gasteiger partial charge in [0.15, 0.2) is 0 Å². The number of aromatic nitrogens is 1. The fraction of sp³-hybridized carbons (Fsp3) is 0.188.